The van der Waals surface area contributed by atoms with E-state index in [0.29, 0.717) is 5.69 Å². The van der Waals surface area contributed by atoms with Crippen molar-refractivity contribution in [3.05, 3.63) is 60.5 Å². The molecule has 0 radical (unpaired) electrons. The molecule has 0 amide bonds. The molecule has 3 heteroatoms. The topological polar surface area (TPSA) is 38.9 Å². The van der Waals surface area contributed by atoms with Crippen LogP contribution >= 0.6 is 0 Å². The van der Waals surface area contributed by atoms with Gasteiger partial charge in [-0.25, -0.2) is 4.39 Å². The summed E-state index contributed by atoms with van der Waals surface area (Å²) in [7, 11) is 0. The Balaban J connectivity index is 2.28. The predicted octanol–water partition coefficient (Wildman–Crippen LogP) is 3.62. The van der Waals surface area contributed by atoms with Crippen LogP contribution in [-0.2, 0) is 0 Å². The number of halogens is 1. The molecule has 0 fully saturated rings. The van der Waals surface area contributed by atoms with Gasteiger partial charge in [-0.3, -0.25) is 4.98 Å². The fourth-order valence-electron chi connectivity index (χ4n) is 2.05. The zero-order chi connectivity index (χ0) is 12.5. The fourth-order valence-corrected chi connectivity index (χ4v) is 2.05. The number of hydrogen-bond acceptors (Lipinski definition) is 2. The molecule has 0 atom stereocenters. The number of fused-ring (bicyclic) bond motifs is 1. The van der Waals surface area contributed by atoms with Crippen LogP contribution in [0.15, 0.2) is 54.7 Å². The van der Waals surface area contributed by atoms with Gasteiger partial charge in [-0.2, -0.15) is 0 Å². The quantitative estimate of drug-likeness (QED) is 0.657. The average molecular weight is 238 g/mol. The van der Waals surface area contributed by atoms with Crippen LogP contribution in [0.1, 0.15) is 0 Å². The van der Waals surface area contributed by atoms with Crippen molar-refractivity contribution in [2.45, 2.75) is 0 Å². The lowest BCUT2D eigenvalue weighted by Gasteiger charge is -2.07. The molecule has 2 aromatic carbocycles. The standard InChI is InChI=1S/C15H11FN2/c16-11-3-1-10(2-4-11)13-7-8-18-15-6-5-12(17)9-14(13)15/h1-9H,17H2. The summed E-state index contributed by atoms with van der Waals surface area (Å²) >= 11 is 0. The second-order valence-corrected chi connectivity index (χ2v) is 4.14. The molecule has 0 bridgehead atoms. The monoisotopic (exact) mass is 238 g/mol. The van der Waals surface area contributed by atoms with Crippen molar-refractivity contribution < 1.29 is 4.39 Å². The molecule has 88 valence electrons. The van der Waals surface area contributed by atoms with Gasteiger partial charge in [-0.1, -0.05) is 12.1 Å². The first kappa shape index (κ1) is 10.7. The van der Waals surface area contributed by atoms with Crippen molar-refractivity contribution in [1.29, 1.82) is 0 Å². The van der Waals surface area contributed by atoms with E-state index in [1.54, 1.807) is 18.3 Å². The Hall–Kier alpha value is -2.42. The molecule has 3 rings (SSSR count). The molecule has 18 heavy (non-hydrogen) atoms. The number of rotatable bonds is 1. The van der Waals surface area contributed by atoms with Gasteiger partial charge in [0.1, 0.15) is 5.82 Å². The van der Waals surface area contributed by atoms with Crippen molar-refractivity contribution in [1.82, 2.24) is 4.98 Å². The van der Waals surface area contributed by atoms with Crippen molar-refractivity contribution in [3.63, 3.8) is 0 Å². The number of hydrogen-bond donors (Lipinski definition) is 1. The van der Waals surface area contributed by atoms with E-state index < -0.39 is 0 Å². The van der Waals surface area contributed by atoms with Crippen LogP contribution in [0.4, 0.5) is 10.1 Å². The van der Waals surface area contributed by atoms with Crippen LogP contribution in [0.3, 0.4) is 0 Å². The average Bonchev–Trinajstić information content (AvgIpc) is 2.39. The SMILES string of the molecule is Nc1ccc2nccc(-c3ccc(F)cc3)c2c1. The van der Waals surface area contributed by atoms with Gasteiger partial charge in [0, 0.05) is 17.3 Å². The molecule has 1 aromatic heterocycles. The van der Waals surface area contributed by atoms with E-state index in [1.807, 2.05) is 24.3 Å². The number of nitrogens with zero attached hydrogens (tertiary/aromatic N) is 1. The number of pyridine rings is 1. The molecule has 3 aromatic rings. The van der Waals surface area contributed by atoms with Gasteiger partial charge in [0.25, 0.3) is 0 Å². The molecule has 0 aliphatic heterocycles. The molecule has 0 aliphatic rings. The number of nitrogen functional groups attached to an aromatic ring is 1. The van der Waals surface area contributed by atoms with E-state index in [-0.39, 0.29) is 5.82 Å². The molecule has 0 aliphatic carbocycles. The molecule has 1 heterocycles. The molecule has 0 saturated carbocycles. The first-order valence-corrected chi connectivity index (χ1v) is 5.64. The second-order valence-electron chi connectivity index (χ2n) is 4.14. The summed E-state index contributed by atoms with van der Waals surface area (Å²) in [4.78, 5) is 4.30. The molecule has 2 nitrogen and oxygen atoms in total. The van der Waals surface area contributed by atoms with E-state index in [9.17, 15) is 4.39 Å². The maximum Gasteiger partial charge on any atom is 0.123 e. The Bertz CT molecular complexity index is 705. The van der Waals surface area contributed by atoms with Crippen LogP contribution in [0, 0.1) is 5.82 Å². The lowest BCUT2D eigenvalue weighted by molar-refractivity contribution is 0.628. The summed E-state index contributed by atoms with van der Waals surface area (Å²) in [6, 6.07) is 13.9. The minimum Gasteiger partial charge on any atom is -0.399 e. The summed E-state index contributed by atoms with van der Waals surface area (Å²) in [6.07, 6.45) is 1.75. The van der Waals surface area contributed by atoms with E-state index in [4.69, 9.17) is 5.73 Å². The van der Waals surface area contributed by atoms with Crippen molar-refractivity contribution in [2.75, 3.05) is 5.73 Å². The Morgan fingerprint density at radius 1 is 0.944 bits per heavy atom. The van der Waals surface area contributed by atoms with Crippen LogP contribution in [0.2, 0.25) is 0 Å². The highest BCUT2D eigenvalue weighted by molar-refractivity contribution is 5.95. The summed E-state index contributed by atoms with van der Waals surface area (Å²) in [5.41, 5.74) is 9.34. The molecule has 0 saturated heterocycles. The van der Waals surface area contributed by atoms with Crippen molar-refractivity contribution in [3.8, 4) is 11.1 Å². The highest BCUT2D eigenvalue weighted by atomic mass is 19.1. The molecule has 0 unspecified atom stereocenters. The fraction of sp³-hybridized carbons (Fsp3) is 0. The second kappa shape index (κ2) is 4.11. The number of benzene rings is 2. The van der Waals surface area contributed by atoms with Gasteiger partial charge in [-0.15, -0.1) is 0 Å². The van der Waals surface area contributed by atoms with Crippen molar-refractivity contribution in [2.24, 2.45) is 0 Å². The molecular weight excluding hydrogens is 227 g/mol. The Morgan fingerprint density at radius 3 is 2.50 bits per heavy atom. The van der Waals surface area contributed by atoms with Crippen molar-refractivity contribution >= 4 is 16.6 Å². The third-order valence-corrected chi connectivity index (χ3v) is 2.92. The van der Waals surface area contributed by atoms with Crippen LogP contribution < -0.4 is 5.73 Å². The van der Waals surface area contributed by atoms with E-state index in [1.165, 1.54) is 12.1 Å². The Kier molecular flexibility index (Phi) is 2.45. The summed E-state index contributed by atoms with van der Waals surface area (Å²) in [6.45, 7) is 0. The summed E-state index contributed by atoms with van der Waals surface area (Å²) < 4.78 is 12.9. The first-order valence-electron chi connectivity index (χ1n) is 5.64. The zero-order valence-electron chi connectivity index (χ0n) is 9.60. The largest absolute Gasteiger partial charge is 0.399 e. The number of nitrogens with two attached hydrogens (primary N) is 1. The number of anilines is 1. The van der Waals surface area contributed by atoms with E-state index >= 15 is 0 Å². The van der Waals surface area contributed by atoms with Gasteiger partial charge >= 0.3 is 0 Å². The minimum atomic E-state index is -0.239. The summed E-state index contributed by atoms with van der Waals surface area (Å²) in [5, 5.41) is 0.976. The zero-order valence-corrected chi connectivity index (χ0v) is 9.60. The Morgan fingerprint density at radius 2 is 1.72 bits per heavy atom. The van der Waals surface area contributed by atoms with Crippen LogP contribution in [0.25, 0.3) is 22.0 Å². The minimum absolute atomic E-state index is 0.239. The van der Waals surface area contributed by atoms with Gasteiger partial charge < -0.3 is 5.73 Å². The Labute approximate surface area is 104 Å². The first-order chi connectivity index (χ1) is 8.74. The van der Waals surface area contributed by atoms with Gasteiger partial charge in [0.2, 0.25) is 0 Å². The lowest BCUT2D eigenvalue weighted by atomic mass is 10.0. The van der Waals surface area contributed by atoms with Crippen LogP contribution in [-0.4, -0.2) is 4.98 Å². The summed E-state index contributed by atoms with van der Waals surface area (Å²) in [5.74, 6) is -0.239. The van der Waals surface area contributed by atoms with Gasteiger partial charge in [0.05, 0.1) is 5.52 Å². The normalized spacial score (nSPS) is 10.7. The number of aromatic nitrogens is 1. The van der Waals surface area contributed by atoms with Crippen LogP contribution in [0.5, 0.6) is 0 Å². The highest BCUT2D eigenvalue weighted by Crippen LogP contribution is 2.28. The smallest absolute Gasteiger partial charge is 0.123 e. The van der Waals surface area contributed by atoms with Gasteiger partial charge in [0.15, 0.2) is 0 Å². The molecule has 2 N–H and O–H groups in total. The molecular formula is C15H11FN2. The van der Waals surface area contributed by atoms with E-state index in [2.05, 4.69) is 4.98 Å². The van der Waals surface area contributed by atoms with E-state index in [0.717, 1.165) is 22.0 Å². The van der Waals surface area contributed by atoms with Gasteiger partial charge in [-0.05, 0) is 47.5 Å². The third-order valence-electron chi connectivity index (χ3n) is 2.92. The lowest BCUT2D eigenvalue weighted by Crippen LogP contribution is -1.88. The highest BCUT2D eigenvalue weighted by Gasteiger charge is 2.05. The maximum absolute atomic E-state index is 12.9. The molecule has 0 spiro atoms. The maximum atomic E-state index is 12.9. The predicted molar refractivity (Wildman–Crippen MR) is 71.5 cm³/mol. The third kappa shape index (κ3) is 1.80.